The number of carboxylic acid groups (broad SMARTS) is 1. The van der Waals surface area contributed by atoms with Gasteiger partial charge in [-0.15, -0.1) is 0 Å². The van der Waals surface area contributed by atoms with Crippen LogP contribution in [0, 0.1) is 5.92 Å². The van der Waals surface area contributed by atoms with E-state index in [-0.39, 0.29) is 30.2 Å². The Morgan fingerprint density at radius 2 is 1.67 bits per heavy atom. The molecule has 0 radical (unpaired) electrons. The molecule has 0 aromatic heterocycles. The maximum absolute atomic E-state index is 11.9. The smallest absolute Gasteiger partial charge is 0.306 e. The highest BCUT2D eigenvalue weighted by molar-refractivity contribution is 5.80. The van der Waals surface area contributed by atoms with Crippen molar-refractivity contribution in [2.45, 2.75) is 44.6 Å². The van der Waals surface area contributed by atoms with Gasteiger partial charge in [-0.3, -0.25) is 14.4 Å². The normalized spacial score (nSPS) is 20.2. The SMILES string of the molecule is O=C(Cc1ccccc1)NCCC(=O)NC1CCC(C(=O)O)CC1. The Balaban J connectivity index is 1.60. The fraction of sp³-hybridized carbons (Fsp3) is 0.500. The highest BCUT2D eigenvalue weighted by atomic mass is 16.4. The van der Waals surface area contributed by atoms with E-state index in [0.717, 1.165) is 5.56 Å². The van der Waals surface area contributed by atoms with Crippen molar-refractivity contribution in [2.24, 2.45) is 5.92 Å². The molecule has 1 aliphatic carbocycles. The second kappa shape index (κ2) is 9.05. The number of nitrogens with one attached hydrogen (secondary N) is 2. The Morgan fingerprint density at radius 3 is 2.29 bits per heavy atom. The molecular weight excluding hydrogens is 308 g/mol. The average Bonchev–Trinajstić information content (AvgIpc) is 2.56. The van der Waals surface area contributed by atoms with Gasteiger partial charge in [-0.1, -0.05) is 30.3 Å². The molecule has 2 rings (SSSR count). The lowest BCUT2D eigenvalue weighted by Gasteiger charge is -2.26. The van der Waals surface area contributed by atoms with E-state index in [4.69, 9.17) is 5.11 Å². The summed E-state index contributed by atoms with van der Waals surface area (Å²) < 4.78 is 0. The average molecular weight is 332 g/mol. The van der Waals surface area contributed by atoms with Crippen LogP contribution in [0.25, 0.3) is 0 Å². The van der Waals surface area contributed by atoms with Crippen LogP contribution < -0.4 is 10.6 Å². The van der Waals surface area contributed by atoms with Crippen molar-refractivity contribution in [3.63, 3.8) is 0 Å². The maximum Gasteiger partial charge on any atom is 0.306 e. The van der Waals surface area contributed by atoms with Crippen LogP contribution in [-0.2, 0) is 20.8 Å². The van der Waals surface area contributed by atoms with E-state index >= 15 is 0 Å². The molecule has 0 heterocycles. The largest absolute Gasteiger partial charge is 0.481 e. The van der Waals surface area contributed by atoms with Gasteiger partial charge >= 0.3 is 5.97 Å². The summed E-state index contributed by atoms with van der Waals surface area (Å²) in [6.45, 7) is 0.308. The van der Waals surface area contributed by atoms with Crippen LogP contribution in [-0.4, -0.2) is 35.5 Å². The highest BCUT2D eigenvalue weighted by Crippen LogP contribution is 2.24. The van der Waals surface area contributed by atoms with Crippen LogP contribution in [0.3, 0.4) is 0 Å². The fourth-order valence-electron chi connectivity index (χ4n) is 2.94. The van der Waals surface area contributed by atoms with E-state index in [1.54, 1.807) is 0 Å². The minimum atomic E-state index is -0.749. The van der Waals surface area contributed by atoms with Crippen molar-refractivity contribution in [2.75, 3.05) is 6.54 Å². The van der Waals surface area contributed by atoms with Crippen molar-refractivity contribution in [1.29, 1.82) is 0 Å². The molecule has 0 saturated heterocycles. The Bertz CT molecular complexity index is 566. The van der Waals surface area contributed by atoms with Crippen molar-refractivity contribution < 1.29 is 19.5 Å². The Hall–Kier alpha value is -2.37. The highest BCUT2D eigenvalue weighted by Gasteiger charge is 2.26. The van der Waals surface area contributed by atoms with Crippen molar-refractivity contribution in [3.8, 4) is 0 Å². The molecular formula is C18H24N2O4. The van der Waals surface area contributed by atoms with Gasteiger partial charge in [0.2, 0.25) is 11.8 Å². The van der Waals surface area contributed by atoms with Crippen LogP contribution in [0.5, 0.6) is 0 Å². The molecule has 6 heteroatoms. The third-order valence-corrected chi connectivity index (χ3v) is 4.32. The summed E-state index contributed by atoms with van der Waals surface area (Å²) in [5.41, 5.74) is 0.939. The van der Waals surface area contributed by atoms with E-state index in [9.17, 15) is 14.4 Å². The molecule has 130 valence electrons. The molecule has 6 nitrogen and oxygen atoms in total. The third-order valence-electron chi connectivity index (χ3n) is 4.32. The second-order valence-corrected chi connectivity index (χ2v) is 6.22. The Morgan fingerprint density at radius 1 is 1.00 bits per heavy atom. The van der Waals surface area contributed by atoms with E-state index in [1.807, 2.05) is 30.3 Å². The molecule has 0 unspecified atom stereocenters. The maximum atomic E-state index is 11.9. The van der Waals surface area contributed by atoms with Crippen molar-refractivity contribution in [1.82, 2.24) is 10.6 Å². The number of hydrogen-bond acceptors (Lipinski definition) is 3. The lowest BCUT2D eigenvalue weighted by Crippen LogP contribution is -2.40. The molecule has 1 fully saturated rings. The van der Waals surface area contributed by atoms with E-state index < -0.39 is 5.97 Å². The molecule has 1 aliphatic rings. The standard InChI is InChI=1S/C18H24N2O4/c21-16(20-15-8-6-14(7-9-15)18(23)24)10-11-19-17(22)12-13-4-2-1-3-5-13/h1-5,14-15H,6-12H2,(H,19,22)(H,20,21)(H,23,24). The van der Waals surface area contributed by atoms with Crippen LogP contribution in [0.2, 0.25) is 0 Å². The molecule has 1 aromatic carbocycles. The van der Waals surface area contributed by atoms with Gasteiger partial charge < -0.3 is 15.7 Å². The summed E-state index contributed by atoms with van der Waals surface area (Å²) in [7, 11) is 0. The van der Waals surface area contributed by atoms with Crippen molar-refractivity contribution >= 4 is 17.8 Å². The van der Waals surface area contributed by atoms with Gasteiger partial charge in [0.1, 0.15) is 0 Å². The summed E-state index contributed by atoms with van der Waals surface area (Å²) in [5, 5.41) is 14.6. The quantitative estimate of drug-likeness (QED) is 0.705. The topological polar surface area (TPSA) is 95.5 Å². The first-order chi connectivity index (χ1) is 11.5. The van der Waals surface area contributed by atoms with Gasteiger partial charge in [-0.05, 0) is 31.2 Å². The zero-order valence-electron chi connectivity index (χ0n) is 13.7. The lowest BCUT2D eigenvalue weighted by atomic mass is 9.86. The molecule has 3 N–H and O–H groups in total. The molecule has 0 spiro atoms. The second-order valence-electron chi connectivity index (χ2n) is 6.22. The summed E-state index contributed by atoms with van der Waals surface area (Å²) in [5.74, 6) is -1.24. The molecule has 2 amide bonds. The van der Waals surface area contributed by atoms with Gasteiger partial charge in [-0.2, -0.15) is 0 Å². The minimum Gasteiger partial charge on any atom is -0.481 e. The number of benzene rings is 1. The zero-order valence-corrected chi connectivity index (χ0v) is 13.7. The molecule has 1 saturated carbocycles. The van der Waals surface area contributed by atoms with Gasteiger partial charge in [0.05, 0.1) is 12.3 Å². The minimum absolute atomic E-state index is 0.0492. The van der Waals surface area contributed by atoms with Crippen molar-refractivity contribution in [3.05, 3.63) is 35.9 Å². The first-order valence-corrected chi connectivity index (χ1v) is 8.37. The molecule has 0 aliphatic heterocycles. The van der Waals surface area contributed by atoms with Gasteiger partial charge in [-0.25, -0.2) is 0 Å². The Labute approximate surface area is 141 Å². The van der Waals surface area contributed by atoms with Gasteiger partial charge in [0.25, 0.3) is 0 Å². The van der Waals surface area contributed by atoms with Gasteiger partial charge in [0, 0.05) is 19.0 Å². The van der Waals surface area contributed by atoms with Gasteiger partial charge in [0.15, 0.2) is 0 Å². The zero-order chi connectivity index (χ0) is 17.4. The number of amides is 2. The number of rotatable bonds is 7. The predicted octanol–water partition coefficient (Wildman–Crippen LogP) is 1.49. The number of aliphatic carboxylic acids is 1. The summed E-state index contributed by atoms with van der Waals surface area (Å²) in [4.78, 5) is 34.6. The summed E-state index contributed by atoms with van der Waals surface area (Å²) in [6, 6.07) is 9.49. The number of carbonyl (C=O) groups is 3. The van der Waals surface area contributed by atoms with Crippen LogP contribution >= 0.6 is 0 Å². The first kappa shape index (κ1) is 18.0. The van der Waals surface area contributed by atoms with Crippen LogP contribution in [0.15, 0.2) is 30.3 Å². The van der Waals surface area contributed by atoms with E-state index in [0.29, 0.717) is 38.6 Å². The summed E-state index contributed by atoms with van der Waals surface area (Å²) in [6.07, 6.45) is 3.15. The first-order valence-electron chi connectivity index (χ1n) is 8.37. The summed E-state index contributed by atoms with van der Waals surface area (Å²) >= 11 is 0. The number of carbonyl (C=O) groups excluding carboxylic acids is 2. The number of hydrogen-bond donors (Lipinski definition) is 3. The lowest BCUT2D eigenvalue weighted by molar-refractivity contribution is -0.142. The molecule has 1 aromatic rings. The molecule has 0 atom stereocenters. The fourth-order valence-corrected chi connectivity index (χ4v) is 2.94. The monoisotopic (exact) mass is 332 g/mol. The molecule has 0 bridgehead atoms. The number of carboxylic acids is 1. The van der Waals surface area contributed by atoms with E-state index in [2.05, 4.69) is 10.6 Å². The van der Waals surface area contributed by atoms with E-state index in [1.165, 1.54) is 0 Å². The molecule has 24 heavy (non-hydrogen) atoms. The van der Waals surface area contributed by atoms with Crippen LogP contribution in [0.4, 0.5) is 0 Å². The Kier molecular flexibility index (Phi) is 6.78. The van der Waals surface area contributed by atoms with Crippen LogP contribution in [0.1, 0.15) is 37.7 Å². The third kappa shape index (κ3) is 6.02. The predicted molar refractivity (Wildman–Crippen MR) is 89.3 cm³/mol.